The molecule has 1 aliphatic heterocycles. The third-order valence-corrected chi connectivity index (χ3v) is 5.00. The molecular formula is C22H26N2O6. The lowest BCUT2D eigenvalue weighted by molar-refractivity contribution is -0.145. The average molecular weight is 414 g/mol. The van der Waals surface area contributed by atoms with E-state index in [2.05, 4.69) is 4.98 Å². The van der Waals surface area contributed by atoms with E-state index in [0.29, 0.717) is 48.7 Å². The number of aromatic amines is 1. The molecule has 3 rings (SSSR count). The van der Waals surface area contributed by atoms with Gasteiger partial charge in [-0.05, 0) is 26.3 Å². The van der Waals surface area contributed by atoms with Gasteiger partial charge in [-0.3, -0.25) is 4.79 Å². The Balaban J connectivity index is 1.88. The van der Waals surface area contributed by atoms with E-state index >= 15 is 0 Å². The summed E-state index contributed by atoms with van der Waals surface area (Å²) in [6.07, 6.45) is -1.09. The summed E-state index contributed by atoms with van der Waals surface area (Å²) in [7, 11) is 0. The third-order valence-electron chi connectivity index (χ3n) is 5.00. The van der Waals surface area contributed by atoms with Gasteiger partial charge in [-0.2, -0.15) is 0 Å². The zero-order chi connectivity index (χ0) is 21.7. The van der Waals surface area contributed by atoms with Gasteiger partial charge in [0.25, 0.3) is 5.91 Å². The molecule has 1 saturated heterocycles. The largest absolute Gasteiger partial charge is 0.462 e. The number of esters is 2. The molecule has 8 nitrogen and oxygen atoms in total. The van der Waals surface area contributed by atoms with Gasteiger partial charge in [0, 0.05) is 24.3 Å². The highest BCUT2D eigenvalue weighted by Crippen LogP contribution is 2.25. The van der Waals surface area contributed by atoms with Crippen LogP contribution in [0.2, 0.25) is 0 Å². The predicted octanol–water partition coefficient (Wildman–Crippen LogP) is 2.57. The summed E-state index contributed by atoms with van der Waals surface area (Å²) in [6, 6.07) is 8.88. The zero-order valence-electron chi connectivity index (χ0n) is 17.4. The molecule has 1 aliphatic rings. The quantitative estimate of drug-likeness (QED) is 0.730. The van der Waals surface area contributed by atoms with Crippen molar-refractivity contribution in [3.8, 4) is 0 Å². The van der Waals surface area contributed by atoms with Gasteiger partial charge in [0.2, 0.25) is 6.10 Å². The van der Waals surface area contributed by atoms with Gasteiger partial charge < -0.3 is 24.1 Å². The van der Waals surface area contributed by atoms with Crippen LogP contribution < -0.4 is 0 Å². The van der Waals surface area contributed by atoms with Crippen LogP contribution in [-0.2, 0) is 19.0 Å². The van der Waals surface area contributed by atoms with Crippen molar-refractivity contribution >= 4 is 17.8 Å². The van der Waals surface area contributed by atoms with Crippen LogP contribution in [0.1, 0.15) is 50.7 Å². The number of ether oxygens (including phenoxy) is 3. The summed E-state index contributed by atoms with van der Waals surface area (Å²) in [5, 5.41) is 0. The second-order valence-corrected chi connectivity index (χ2v) is 6.98. The van der Waals surface area contributed by atoms with Gasteiger partial charge >= 0.3 is 11.9 Å². The smallest absolute Gasteiger partial charge is 0.356 e. The van der Waals surface area contributed by atoms with Crippen LogP contribution >= 0.6 is 0 Å². The number of aromatic nitrogens is 1. The first-order valence-corrected chi connectivity index (χ1v) is 9.92. The lowest BCUT2D eigenvalue weighted by Gasteiger charge is -2.30. The van der Waals surface area contributed by atoms with Crippen molar-refractivity contribution < 1.29 is 28.6 Å². The molecule has 2 heterocycles. The molecule has 1 aromatic heterocycles. The van der Waals surface area contributed by atoms with E-state index in [9.17, 15) is 14.4 Å². The van der Waals surface area contributed by atoms with E-state index in [-0.39, 0.29) is 18.2 Å². The monoisotopic (exact) mass is 414 g/mol. The van der Waals surface area contributed by atoms with Crippen LogP contribution in [0.4, 0.5) is 0 Å². The molecule has 1 aromatic carbocycles. The van der Waals surface area contributed by atoms with Crippen molar-refractivity contribution in [3.05, 3.63) is 58.4 Å². The van der Waals surface area contributed by atoms with E-state index in [1.165, 1.54) is 0 Å². The maximum absolute atomic E-state index is 13.1. The fourth-order valence-corrected chi connectivity index (χ4v) is 3.47. The van der Waals surface area contributed by atoms with Gasteiger partial charge in [0.15, 0.2) is 0 Å². The summed E-state index contributed by atoms with van der Waals surface area (Å²) in [4.78, 5) is 42.9. The summed E-state index contributed by atoms with van der Waals surface area (Å²) in [5.41, 5.74) is 1.95. The molecule has 1 N–H and O–H groups in total. The standard InChI is InChI=1S/C22H26N2O6/c1-4-29-21(26)17-14(2)18(23-15(17)3)22(27)30-19(16-8-6-5-7-9-16)20(25)24-10-12-28-13-11-24/h5-9,19,23H,4,10-13H2,1-3H3/t19-/m1/s1. The molecule has 1 fully saturated rings. The van der Waals surface area contributed by atoms with Gasteiger partial charge in [0.05, 0.1) is 25.4 Å². The van der Waals surface area contributed by atoms with Crippen LogP contribution in [0.15, 0.2) is 30.3 Å². The number of aryl methyl sites for hydroxylation is 1. The number of benzene rings is 1. The second-order valence-electron chi connectivity index (χ2n) is 6.98. The zero-order valence-corrected chi connectivity index (χ0v) is 17.4. The summed E-state index contributed by atoms with van der Waals surface area (Å²) in [6.45, 7) is 7.04. The van der Waals surface area contributed by atoms with Gasteiger partial charge in [-0.25, -0.2) is 9.59 Å². The Kier molecular flexibility index (Phi) is 6.89. The number of rotatable bonds is 6. The number of H-pyrrole nitrogens is 1. The molecule has 1 atom stereocenters. The highest BCUT2D eigenvalue weighted by Gasteiger charge is 2.32. The Labute approximate surface area is 175 Å². The normalized spacial score (nSPS) is 14.8. The molecule has 0 saturated carbocycles. The lowest BCUT2D eigenvalue weighted by Crippen LogP contribution is -2.44. The first kappa shape index (κ1) is 21.6. The van der Waals surface area contributed by atoms with Crippen LogP contribution in [0.25, 0.3) is 0 Å². The van der Waals surface area contributed by atoms with Gasteiger partial charge in [-0.1, -0.05) is 30.3 Å². The van der Waals surface area contributed by atoms with E-state index in [1.54, 1.807) is 49.9 Å². The number of carbonyl (C=O) groups is 3. The summed E-state index contributed by atoms with van der Waals surface area (Å²) in [5.74, 6) is -1.52. The van der Waals surface area contributed by atoms with Gasteiger partial charge in [-0.15, -0.1) is 0 Å². The Morgan fingerprint density at radius 1 is 1.10 bits per heavy atom. The Morgan fingerprint density at radius 2 is 1.77 bits per heavy atom. The van der Waals surface area contributed by atoms with Crippen LogP contribution in [-0.4, -0.2) is 60.6 Å². The predicted molar refractivity (Wildman–Crippen MR) is 108 cm³/mol. The minimum Gasteiger partial charge on any atom is -0.462 e. The third kappa shape index (κ3) is 4.54. The maximum Gasteiger partial charge on any atom is 0.356 e. The van der Waals surface area contributed by atoms with Crippen molar-refractivity contribution in [3.63, 3.8) is 0 Å². The highest BCUT2D eigenvalue weighted by atomic mass is 16.6. The molecule has 8 heteroatoms. The number of nitrogens with one attached hydrogen (secondary N) is 1. The van der Waals surface area contributed by atoms with Crippen molar-refractivity contribution in [1.82, 2.24) is 9.88 Å². The van der Waals surface area contributed by atoms with Crippen molar-refractivity contribution in [2.45, 2.75) is 26.9 Å². The fraction of sp³-hybridized carbons (Fsp3) is 0.409. The molecule has 0 bridgehead atoms. The number of hydrogen-bond acceptors (Lipinski definition) is 6. The SMILES string of the molecule is CCOC(=O)c1c(C)[nH]c(C(=O)O[C@@H](C(=O)N2CCOCC2)c2ccccc2)c1C. The van der Waals surface area contributed by atoms with Gasteiger partial charge in [0.1, 0.15) is 5.69 Å². The summed E-state index contributed by atoms with van der Waals surface area (Å²) < 4.78 is 16.0. The molecule has 30 heavy (non-hydrogen) atoms. The Morgan fingerprint density at radius 3 is 2.40 bits per heavy atom. The minimum atomic E-state index is -1.09. The van der Waals surface area contributed by atoms with E-state index in [0.717, 1.165) is 0 Å². The fourth-order valence-electron chi connectivity index (χ4n) is 3.47. The van der Waals surface area contributed by atoms with Crippen molar-refractivity contribution in [2.24, 2.45) is 0 Å². The van der Waals surface area contributed by atoms with Crippen LogP contribution in [0, 0.1) is 13.8 Å². The van der Waals surface area contributed by atoms with E-state index in [1.807, 2.05) is 6.07 Å². The van der Waals surface area contributed by atoms with Crippen molar-refractivity contribution in [2.75, 3.05) is 32.9 Å². The Bertz CT molecular complexity index is 915. The lowest BCUT2D eigenvalue weighted by atomic mass is 10.1. The summed E-state index contributed by atoms with van der Waals surface area (Å²) >= 11 is 0. The number of hydrogen-bond donors (Lipinski definition) is 1. The first-order valence-electron chi connectivity index (χ1n) is 9.92. The molecule has 0 radical (unpaired) electrons. The highest BCUT2D eigenvalue weighted by molar-refractivity contribution is 5.99. The number of amides is 1. The second kappa shape index (κ2) is 9.58. The molecular weight excluding hydrogens is 388 g/mol. The topological polar surface area (TPSA) is 97.9 Å². The maximum atomic E-state index is 13.1. The van der Waals surface area contributed by atoms with E-state index in [4.69, 9.17) is 14.2 Å². The molecule has 0 spiro atoms. The Hall–Kier alpha value is -3.13. The van der Waals surface area contributed by atoms with Crippen LogP contribution in [0.5, 0.6) is 0 Å². The minimum absolute atomic E-state index is 0.131. The van der Waals surface area contributed by atoms with Crippen molar-refractivity contribution in [1.29, 1.82) is 0 Å². The molecule has 1 amide bonds. The van der Waals surface area contributed by atoms with E-state index < -0.39 is 18.0 Å². The molecule has 160 valence electrons. The number of morpholine rings is 1. The molecule has 0 aliphatic carbocycles. The number of nitrogens with zero attached hydrogens (tertiary/aromatic N) is 1. The van der Waals surface area contributed by atoms with Crippen LogP contribution in [0.3, 0.4) is 0 Å². The first-order chi connectivity index (χ1) is 14.4. The molecule has 2 aromatic rings. The number of carbonyl (C=O) groups excluding carboxylic acids is 3. The average Bonchev–Trinajstić information content (AvgIpc) is 3.07. The molecule has 0 unspecified atom stereocenters.